The van der Waals surface area contributed by atoms with Gasteiger partial charge in [-0.3, -0.25) is 9.69 Å². The van der Waals surface area contributed by atoms with E-state index >= 15 is 4.39 Å². The fourth-order valence-electron chi connectivity index (χ4n) is 4.64. The van der Waals surface area contributed by atoms with Crippen LogP contribution in [0.5, 0.6) is 5.75 Å². The molecule has 6 nitrogen and oxygen atoms in total. The van der Waals surface area contributed by atoms with E-state index in [1.807, 2.05) is 7.05 Å². The van der Waals surface area contributed by atoms with Gasteiger partial charge in [-0.25, -0.2) is 4.39 Å². The number of hydrogen-bond acceptors (Lipinski definition) is 5. The first kappa shape index (κ1) is 27.7. The van der Waals surface area contributed by atoms with Crippen LogP contribution in [0.4, 0.5) is 23.2 Å². The maximum Gasteiger partial charge on any atom is 0.408 e. The van der Waals surface area contributed by atoms with Crippen molar-refractivity contribution < 1.29 is 32.6 Å². The summed E-state index contributed by atoms with van der Waals surface area (Å²) in [5, 5.41) is 20.0. The maximum absolute atomic E-state index is 15.3. The molecule has 1 aliphatic rings. The number of hydrogen-bond donors (Lipinski definition) is 2. The summed E-state index contributed by atoms with van der Waals surface area (Å²) in [7, 11) is 3.11. The first-order valence-corrected chi connectivity index (χ1v) is 11.9. The standard InChI is InChI=1S/C26H33F4N3O3/c1-16(2)13-22(25(35)36)32(4)24(26(28,29)30)17-5-7-19(21(27)14-17)20-15-18(6-8-23(20)34)33-11-9-31(3)10-12-33/h5-8,14-16,22,24,34H,9-13H2,1-4H3,(H,35,36)/t22-,24?/m0/s1. The van der Waals surface area contributed by atoms with Gasteiger partial charge in [0.15, 0.2) is 0 Å². The van der Waals surface area contributed by atoms with Crippen molar-refractivity contribution in [3.05, 3.63) is 47.8 Å². The molecular formula is C26H33F4N3O3. The van der Waals surface area contributed by atoms with Crippen molar-refractivity contribution in [3.63, 3.8) is 0 Å². The minimum Gasteiger partial charge on any atom is -0.507 e. The Bertz CT molecular complexity index is 1070. The summed E-state index contributed by atoms with van der Waals surface area (Å²) in [6.45, 7) is 6.65. The summed E-state index contributed by atoms with van der Waals surface area (Å²) in [6.07, 6.45) is -4.83. The fraction of sp³-hybridized carbons (Fsp3) is 0.500. The van der Waals surface area contributed by atoms with Crippen LogP contribution in [0.2, 0.25) is 0 Å². The number of nitrogens with zero attached hydrogens (tertiary/aromatic N) is 3. The van der Waals surface area contributed by atoms with Crippen molar-refractivity contribution in [2.24, 2.45) is 5.92 Å². The third kappa shape index (κ3) is 6.28. The van der Waals surface area contributed by atoms with Crippen LogP contribution >= 0.6 is 0 Å². The minimum atomic E-state index is -4.84. The van der Waals surface area contributed by atoms with Crippen molar-refractivity contribution in [2.75, 3.05) is 45.2 Å². The van der Waals surface area contributed by atoms with Crippen LogP contribution < -0.4 is 4.90 Å². The molecule has 10 heteroatoms. The lowest BCUT2D eigenvalue weighted by molar-refractivity contribution is -0.192. The van der Waals surface area contributed by atoms with E-state index in [0.29, 0.717) is 0 Å². The van der Waals surface area contributed by atoms with Crippen LogP contribution in [0.1, 0.15) is 31.9 Å². The molecule has 0 spiro atoms. The molecular weight excluding hydrogens is 478 g/mol. The number of benzene rings is 2. The van der Waals surface area contributed by atoms with E-state index in [0.717, 1.165) is 55.9 Å². The normalized spacial score (nSPS) is 17.0. The molecule has 0 amide bonds. The van der Waals surface area contributed by atoms with Gasteiger partial charge in [0.2, 0.25) is 0 Å². The number of alkyl halides is 3. The lowest BCUT2D eigenvalue weighted by Crippen LogP contribution is -2.46. The van der Waals surface area contributed by atoms with Crippen LogP contribution in [0.15, 0.2) is 36.4 Å². The Hall–Kier alpha value is -2.85. The Balaban J connectivity index is 1.98. The Morgan fingerprint density at radius 1 is 1.06 bits per heavy atom. The number of piperazine rings is 1. The van der Waals surface area contributed by atoms with Gasteiger partial charge < -0.3 is 20.0 Å². The molecule has 0 bridgehead atoms. The number of halogens is 4. The van der Waals surface area contributed by atoms with Crippen molar-refractivity contribution in [3.8, 4) is 16.9 Å². The zero-order valence-electron chi connectivity index (χ0n) is 20.9. The molecule has 1 unspecified atom stereocenters. The highest BCUT2D eigenvalue weighted by Gasteiger charge is 2.47. The van der Waals surface area contributed by atoms with Crippen LogP contribution in [-0.4, -0.2) is 78.5 Å². The van der Waals surface area contributed by atoms with E-state index in [1.165, 1.54) is 12.1 Å². The van der Waals surface area contributed by atoms with Crippen LogP contribution in [0, 0.1) is 11.7 Å². The Morgan fingerprint density at radius 2 is 1.69 bits per heavy atom. The van der Waals surface area contributed by atoms with Crippen molar-refractivity contribution in [1.29, 1.82) is 0 Å². The SMILES string of the molecule is CC(C)C[C@@H](C(=O)O)N(C)C(c1ccc(-c2cc(N3CCN(C)CC3)ccc2O)c(F)c1)C(F)(F)F. The fourth-order valence-corrected chi connectivity index (χ4v) is 4.64. The van der Waals surface area contributed by atoms with Gasteiger partial charge >= 0.3 is 12.1 Å². The highest BCUT2D eigenvalue weighted by atomic mass is 19.4. The molecule has 2 atom stereocenters. The van der Waals surface area contributed by atoms with Crippen LogP contribution in [0.25, 0.3) is 11.1 Å². The average Bonchev–Trinajstić information content (AvgIpc) is 2.77. The quantitative estimate of drug-likeness (QED) is 0.487. The number of phenols is 1. The smallest absolute Gasteiger partial charge is 0.408 e. The molecule has 0 aliphatic carbocycles. The monoisotopic (exact) mass is 511 g/mol. The lowest BCUT2D eigenvalue weighted by atomic mass is 9.95. The molecule has 0 saturated carbocycles. The number of carboxylic acid groups (broad SMARTS) is 1. The predicted octanol–water partition coefficient (Wildman–Crippen LogP) is 4.98. The third-order valence-electron chi connectivity index (χ3n) is 6.64. The van der Waals surface area contributed by atoms with Gasteiger partial charge in [0.05, 0.1) is 0 Å². The summed E-state index contributed by atoms with van der Waals surface area (Å²) in [5.74, 6) is -2.65. The van der Waals surface area contributed by atoms with E-state index < -0.39 is 35.6 Å². The van der Waals surface area contributed by atoms with Gasteiger partial charge in [-0.05, 0) is 56.3 Å². The number of aromatic hydroxyl groups is 1. The van der Waals surface area contributed by atoms with E-state index in [9.17, 15) is 28.2 Å². The van der Waals surface area contributed by atoms with Gasteiger partial charge in [-0.1, -0.05) is 26.0 Å². The molecule has 0 aromatic heterocycles. The first-order chi connectivity index (χ1) is 16.8. The van der Waals surface area contributed by atoms with E-state index in [4.69, 9.17) is 0 Å². The summed E-state index contributed by atoms with van der Waals surface area (Å²) in [6, 6.07) is 4.23. The maximum atomic E-state index is 15.3. The number of carboxylic acids is 1. The number of likely N-dealkylation sites (N-methyl/N-ethyl adjacent to an activating group) is 2. The summed E-state index contributed by atoms with van der Waals surface area (Å²) in [4.78, 5) is 16.8. The molecule has 1 saturated heterocycles. The Morgan fingerprint density at radius 3 is 2.22 bits per heavy atom. The first-order valence-electron chi connectivity index (χ1n) is 11.9. The van der Waals surface area contributed by atoms with E-state index in [1.54, 1.807) is 26.0 Å². The average molecular weight is 512 g/mol. The molecule has 2 aromatic rings. The highest BCUT2D eigenvalue weighted by Crippen LogP contribution is 2.41. The summed E-state index contributed by atoms with van der Waals surface area (Å²) >= 11 is 0. The topological polar surface area (TPSA) is 67.2 Å². The molecule has 1 fully saturated rings. The molecule has 2 aromatic carbocycles. The zero-order valence-corrected chi connectivity index (χ0v) is 20.9. The number of anilines is 1. The van der Waals surface area contributed by atoms with Crippen molar-refractivity contribution in [2.45, 2.75) is 38.5 Å². The molecule has 198 valence electrons. The van der Waals surface area contributed by atoms with Gasteiger partial charge in [0.1, 0.15) is 23.7 Å². The number of aliphatic carboxylic acids is 1. The van der Waals surface area contributed by atoms with E-state index in [-0.39, 0.29) is 29.2 Å². The van der Waals surface area contributed by atoms with Crippen LogP contribution in [-0.2, 0) is 4.79 Å². The van der Waals surface area contributed by atoms with Gasteiger partial charge in [0, 0.05) is 43.0 Å². The number of phenolic OH excluding ortho intramolecular Hbond substituents is 1. The van der Waals surface area contributed by atoms with Gasteiger partial charge in [0.25, 0.3) is 0 Å². The predicted molar refractivity (Wildman–Crippen MR) is 131 cm³/mol. The number of carbonyl (C=O) groups is 1. The third-order valence-corrected chi connectivity index (χ3v) is 6.64. The minimum absolute atomic E-state index is 0.00589. The van der Waals surface area contributed by atoms with Crippen molar-refractivity contribution in [1.82, 2.24) is 9.80 Å². The van der Waals surface area contributed by atoms with Crippen LogP contribution in [0.3, 0.4) is 0 Å². The molecule has 2 N–H and O–H groups in total. The summed E-state index contributed by atoms with van der Waals surface area (Å²) < 4.78 is 57.6. The summed E-state index contributed by atoms with van der Waals surface area (Å²) in [5.41, 5.74) is 0.518. The second-order valence-electron chi connectivity index (χ2n) is 9.82. The zero-order chi connectivity index (χ0) is 26.8. The van der Waals surface area contributed by atoms with Gasteiger partial charge in [-0.2, -0.15) is 13.2 Å². The molecule has 0 radical (unpaired) electrons. The van der Waals surface area contributed by atoms with Crippen molar-refractivity contribution >= 4 is 11.7 Å². The second-order valence-corrected chi connectivity index (χ2v) is 9.82. The molecule has 1 heterocycles. The largest absolute Gasteiger partial charge is 0.507 e. The molecule has 1 aliphatic heterocycles. The second kappa shape index (κ2) is 11.0. The number of rotatable bonds is 8. The Labute approximate surface area is 208 Å². The molecule has 3 rings (SSSR count). The van der Waals surface area contributed by atoms with Gasteiger partial charge in [-0.15, -0.1) is 0 Å². The lowest BCUT2D eigenvalue weighted by Gasteiger charge is -2.35. The highest BCUT2D eigenvalue weighted by molar-refractivity contribution is 5.75. The molecule has 36 heavy (non-hydrogen) atoms. The van der Waals surface area contributed by atoms with E-state index in [2.05, 4.69) is 9.80 Å². The Kier molecular flexibility index (Phi) is 8.51.